The number of rotatable bonds is 4. The van der Waals surface area contributed by atoms with Crippen LogP contribution in [0.1, 0.15) is 31.4 Å². The predicted octanol–water partition coefficient (Wildman–Crippen LogP) is 2.26. The summed E-state index contributed by atoms with van der Waals surface area (Å²) in [5.74, 6) is 2.30. The monoisotopic (exact) mass is 308 g/mol. The summed E-state index contributed by atoms with van der Waals surface area (Å²) in [5, 5.41) is 21.5. The Balaban J connectivity index is 1.85. The van der Waals surface area contributed by atoms with E-state index in [1.54, 1.807) is 13.8 Å². The van der Waals surface area contributed by atoms with Crippen molar-refractivity contribution < 1.29 is 4.52 Å². The minimum Gasteiger partial charge on any atom is -0.338 e. The largest absolute Gasteiger partial charge is 0.338 e. The van der Waals surface area contributed by atoms with Crippen molar-refractivity contribution in [3.8, 4) is 17.5 Å². The minimum absolute atomic E-state index is 0.306. The van der Waals surface area contributed by atoms with Gasteiger partial charge in [-0.2, -0.15) is 10.2 Å². The van der Waals surface area contributed by atoms with Crippen LogP contribution in [0.4, 0.5) is 0 Å². The quantitative estimate of drug-likeness (QED) is 0.734. The maximum Gasteiger partial charge on any atom is 0.246 e. The van der Waals surface area contributed by atoms with Crippen LogP contribution in [0, 0.1) is 11.3 Å². The average Bonchev–Trinajstić information content (AvgIpc) is 3.17. The average molecular weight is 308 g/mol. The number of hydrogen-bond donors (Lipinski definition) is 0. The van der Waals surface area contributed by atoms with E-state index < -0.39 is 5.41 Å². The lowest BCUT2D eigenvalue weighted by atomic mass is 9.96. The molecule has 0 fully saturated rings. The van der Waals surface area contributed by atoms with E-state index in [0.717, 1.165) is 17.2 Å². The SMILES string of the molecule is Cn1c(Cc2noc(C(C)(C)C#N)n2)nnc1-c1ccccc1. The first-order valence-corrected chi connectivity index (χ1v) is 7.19. The van der Waals surface area contributed by atoms with E-state index in [4.69, 9.17) is 9.78 Å². The summed E-state index contributed by atoms with van der Waals surface area (Å²) in [4.78, 5) is 4.29. The molecule has 1 aromatic carbocycles. The van der Waals surface area contributed by atoms with Gasteiger partial charge in [-0.05, 0) is 13.8 Å². The van der Waals surface area contributed by atoms with E-state index in [1.807, 2.05) is 41.9 Å². The first kappa shape index (κ1) is 14.9. The fraction of sp³-hybridized carbons (Fsp3) is 0.312. The van der Waals surface area contributed by atoms with E-state index in [2.05, 4.69) is 26.4 Å². The summed E-state index contributed by atoms with van der Waals surface area (Å²) in [7, 11) is 1.90. The van der Waals surface area contributed by atoms with E-state index in [0.29, 0.717) is 18.1 Å². The summed E-state index contributed by atoms with van der Waals surface area (Å²) in [6.45, 7) is 3.47. The lowest BCUT2D eigenvalue weighted by Gasteiger charge is -2.06. The molecule has 0 aliphatic heterocycles. The zero-order valence-electron chi connectivity index (χ0n) is 13.2. The van der Waals surface area contributed by atoms with Gasteiger partial charge < -0.3 is 9.09 Å². The molecule has 0 saturated heterocycles. The molecule has 0 spiro atoms. The second-order valence-corrected chi connectivity index (χ2v) is 5.79. The second-order valence-electron chi connectivity index (χ2n) is 5.79. The van der Waals surface area contributed by atoms with Crippen molar-refractivity contribution in [1.29, 1.82) is 5.26 Å². The molecule has 0 radical (unpaired) electrons. The topological polar surface area (TPSA) is 93.4 Å². The Hall–Kier alpha value is -3.01. The zero-order chi connectivity index (χ0) is 16.4. The van der Waals surface area contributed by atoms with Gasteiger partial charge in [0.1, 0.15) is 11.2 Å². The maximum atomic E-state index is 9.12. The van der Waals surface area contributed by atoms with Crippen LogP contribution in [0.2, 0.25) is 0 Å². The Morgan fingerprint density at radius 1 is 1.22 bits per heavy atom. The molecule has 2 heterocycles. The highest BCUT2D eigenvalue weighted by Crippen LogP contribution is 2.21. The van der Waals surface area contributed by atoms with Crippen LogP contribution in [0.3, 0.4) is 0 Å². The summed E-state index contributed by atoms with van der Waals surface area (Å²) in [6.07, 6.45) is 0.390. The molecule has 0 saturated carbocycles. The van der Waals surface area contributed by atoms with Gasteiger partial charge in [0.15, 0.2) is 11.6 Å². The van der Waals surface area contributed by atoms with Crippen molar-refractivity contribution in [1.82, 2.24) is 24.9 Å². The van der Waals surface area contributed by atoms with E-state index >= 15 is 0 Å². The number of nitriles is 1. The molecule has 2 aromatic heterocycles. The molecule has 7 heteroatoms. The highest BCUT2D eigenvalue weighted by Gasteiger charge is 2.27. The van der Waals surface area contributed by atoms with Gasteiger partial charge in [-0.15, -0.1) is 10.2 Å². The highest BCUT2D eigenvalue weighted by molar-refractivity contribution is 5.54. The molecule has 23 heavy (non-hydrogen) atoms. The van der Waals surface area contributed by atoms with Gasteiger partial charge in [-0.1, -0.05) is 35.5 Å². The fourth-order valence-corrected chi connectivity index (χ4v) is 2.12. The molecule has 0 bridgehead atoms. The predicted molar refractivity (Wildman–Crippen MR) is 82.2 cm³/mol. The smallest absolute Gasteiger partial charge is 0.246 e. The van der Waals surface area contributed by atoms with Gasteiger partial charge in [-0.25, -0.2) is 0 Å². The van der Waals surface area contributed by atoms with Crippen LogP contribution in [-0.2, 0) is 18.9 Å². The Labute approximate surface area is 133 Å². The molecule has 0 atom stereocenters. The van der Waals surface area contributed by atoms with Crippen molar-refractivity contribution >= 4 is 0 Å². The van der Waals surface area contributed by atoms with Crippen molar-refractivity contribution in [2.75, 3.05) is 0 Å². The number of aromatic nitrogens is 5. The lowest BCUT2D eigenvalue weighted by Crippen LogP contribution is -2.14. The second kappa shape index (κ2) is 5.65. The Bertz CT molecular complexity index is 856. The number of hydrogen-bond acceptors (Lipinski definition) is 6. The molecule has 0 amide bonds. The van der Waals surface area contributed by atoms with Gasteiger partial charge in [0.05, 0.1) is 12.5 Å². The molecule has 3 aromatic rings. The molecule has 3 rings (SSSR count). The first-order valence-electron chi connectivity index (χ1n) is 7.19. The molecular weight excluding hydrogens is 292 g/mol. The van der Waals surface area contributed by atoms with Gasteiger partial charge >= 0.3 is 0 Å². The molecule has 0 N–H and O–H groups in total. The van der Waals surface area contributed by atoms with Crippen LogP contribution in [0.15, 0.2) is 34.9 Å². The Morgan fingerprint density at radius 2 is 1.96 bits per heavy atom. The van der Waals surface area contributed by atoms with Crippen molar-refractivity contribution in [2.45, 2.75) is 25.7 Å². The summed E-state index contributed by atoms with van der Waals surface area (Å²) in [6, 6.07) is 12.0. The summed E-state index contributed by atoms with van der Waals surface area (Å²) in [5.41, 5.74) is 0.188. The van der Waals surface area contributed by atoms with E-state index in [-0.39, 0.29) is 0 Å². The third-order valence-corrected chi connectivity index (χ3v) is 3.60. The van der Waals surface area contributed by atoms with Crippen LogP contribution < -0.4 is 0 Å². The number of nitrogens with zero attached hydrogens (tertiary/aromatic N) is 6. The third-order valence-electron chi connectivity index (χ3n) is 3.60. The summed E-state index contributed by atoms with van der Waals surface area (Å²) >= 11 is 0. The molecule has 0 aliphatic carbocycles. The molecular formula is C16H16N6O. The molecule has 116 valence electrons. The van der Waals surface area contributed by atoms with Gasteiger partial charge in [0.2, 0.25) is 5.89 Å². The van der Waals surface area contributed by atoms with Gasteiger partial charge in [-0.3, -0.25) is 0 Å². The molecule has 0 aliphatic rings. The Kier molecular flexibility index (Phi) is 3.66. The summed E-state index contributed by atoms with van der Waals surface area (Å²) < 4.78 is 7.09. The van der Waals surface area contributed by atoms with Crippen LogP contribution >= 0.6 is 0 Å². The van der Waals surface area contributed by atoms with Gasteiger partial charge in [0, 0.05) is 12.6 Å². The number of benzene rings is 1. The lowest BCUT2D eigenvalue weighted by molar-refractivity contribution is 0.337. The zero-order valence-corrected chi connectivity index (χ0v) is 13.2. The fourth-order valence-electron chi connectivity index (χ4n) is 2.12. The maximum absolute atomic E-state index is 9.12. The molecule has 0 unspecified atom stereocenters. The van der Waals surface area contributed by atoms with Crippen molar-refractivity contribution in [3.05, 3.63) is 47.9 Å². The molecule has 7 nitrogen and oxygen atoms in total. The standard InChI is InChI=1S/C16H16N6O/c1-16(2,10-17)15-18-12(21-23-15)9-13-19-20-14(22(13)3)11-7-5-4-6-8-11/h4-8H,9H2,1-3H3. The van der Waals surface area contributed by atoms with Crippen molar-refractivity contribution in [2.24, 2.45) is 7.05 Å². The Morgan fingerprint density at radius 3 is 2.65 bits per heavy atom. The van der Waals surface area contributed by atoms with Crippen molar-refractivity contribution in [3.63, 3.8) is 0 Å². The van der Waals surface area contributed by atoms with Crippen LogP contribution in [-0.4, -0.2) is 24.9 Å². The third kappa shape index (κ3) is 2.83. The van der Waals surface area contributed by atoms with E-state index in [9.17, 15) is 0 Å². The highest BCUT2D eigenvalue weighted by atomic mass is 16.5. The minimum atomic E-state index is -0.805. The van der Waals surface area contributed by atoms with Gasteiger partial charge in [0.25, 0.3) is 0 Å². The van der Waals surface area contributed by atoms with Crippen LogP contribution in [0.5, 0.6) is 0 Å². The normalized spacial score (nSPS) is 11.4. The first-order chi connectivity index (χ1) is 11.0. The van der Waals surface area contributed by atoms with E-state index in [1.165, 1.54) is 0 Å². The van der Waals surface area contributed by atoms with Crippen LogP contribution in [0.25, 0.3) is 11.4 Å².